The van der Waals surface area contributed by atoms with Crippen LogP contribution in [0.4, 0.5) is 17.6 Å². The number of halogens is 4. The third-order valence-corrected chi connectivity index (χ3v) is 7.63. The number of carbonyl (C=O) groups is 1. The molecule has 0 bridgehead atoms. The van der Waals surface area contributed by atoms with E-state index < -0.39 is 18.5 Å². The van der Waals surface area contributed by atoms with Crippen LogP contribution in [0.3, 0.4) is 0 Å². The Kier molecular flexibility index (Phi) is 7.99. The molecule has 12 heteroatoms. The maximum Gasteiger partial charge on any atom is 0.422 e. The van der Waals surface area contributed by atoms with Gasteiger partial charge in [0.05, 0.1) is 18.3 Å². The van der Waals surface area contributed by atoms with Crippen LogP contribution >= 0.6 is 11.3 Å². The smallest absolute Gasteiger partial charge is 0.422 e. The molecule has 0 radical (unpaired) electrons. The first kappa shape index (κ1) is 25.9. The first-order chi connectivity index (χ1) is 16.6. The second-order valence-electron chi connectivity index (χ2n) is 9.36. The van der Waals surface area contributed by atoms with Gasteiger partial charge in [0.1, 0.15) is 11.4 Å². The summed E-state index contributed by atoms with van der Waals surface area (Å²) in [6.45, 7) is 2.40. The second kappa shape index (κ2) is 10.8. The molecule has 194 valence electrons. The standard InChI is InChI=1S/C23H30F4N4O3S/c1-15-28-13-17(34-15)12-20(32)29-16-2-6-22(24,7-3-16)8-11-31-9-4-18-19(5-10-31)35-21(30-18)33-14-23(25,26)27/h13,16H,2-12,14H2,1H3,(H,29,32)/t16-,22+. The molecule has 7 nitrogen and oxygen atoms in total. The fraction of sp³-hybridized carbons (Fsp3) is 0.696. The van der Waals surface area contributed by atoms with Crippen molar-refractivity contribution < 1.29 is 31.5 Å². The van der Waals surface area contributed by atoms with Gasteiger partial charge in [-0.2, -0.15) is 13.2 Å². The number of thiazole rings is 1. The Balaban J connectivity index is 1.17. The zero-order chi connectivity index (χ0) is 25.1. The number of hydrogen-bond acceptors (Lipinski definition) is 7. The van der Waals surface area contributed by atoms with Crippen LogP contribution in [-0.4, -0.2) is 64.9 Å². The van der Waals surface area contributed by atoms with Crippen LogP contribution in [0.25, 0.3) is 0 Å². The maximum atomic E-state index is 15.4. The molecular weight excluding hydrogens is 488 g/mol. The topological polar surface area (TPSA) is 80.5 Å². The SMILES string of the molecule is Cc1ncc(CC(=O)N[C@H]2CC[C@](F)(CCN3CCc4nc(OCC(F)(F)F)sc4CC3)CC2)o1. The predicted molar refractivity (Wildman–Crippen MR) is 121 cm³/mol. The molecule has 1 N–H and O–H groups in total. The van der Waals surface area contributed by atoms with Gasteiger partial charge in [-0.1, -0.05) is 11.3 Å². The molecule has 3 heterocycles. The summed E-state index contributed by atoms with van der Waals surface area (Å²) in [5.74, 6) is 0.890. The lowest BCUT2D eigenvalue weighted by atomic mass is 9.81. The summed E-state index contributed by atoms with van der Waals surface area (Å²) in [5.41, 5.74) is -0.474. The molecule has 2 aromatic heterocycles. The summed E-state index contributed by atoms with van der Waals surface area (Å²) >= 11 is 1.17. The Labute approximate surface area is 205 Å². The number of nitrogens with one attached hydrogen (secondary N) is 1. The minimum atomic E-state index is -4.39. The highest BCUT2D eigenvalue weighted by Gasteiger charge is 2.36. The summed E-state index contributed by atoms with van der Waals surface area (Å²) in [5, 5.41) is 3.03. The summed E-state index contributed by atoms with van der Waals surface area (Å²) in [6.07, 6.45) is 0.989. The van der Waals surface area contributed by atoms with E-state index in [4.69, 9.17) is 9.15 Å². The van der Waals surface area contributed by atoms with Crippen LogP contribution in [0.5, 0.6) is 5.19 Å². The third-order valence-electron chi connectivity index (χ3n) is 6.56. The van der Waals surface area contributed by atoms with E-state index in [1.807, 2.05) is 0 Å². The average Bonchev–Trinajstić information content (AvgIpc) is 3.33. The van der Waals surface area contributed by atoms with Gasteiger partial charge in [-0.3, -0.25) is 4.79 Å². The molecule has 1 aliphatic heterocycles. The van der Waals surface area contributed by atoms with Gasteiger partial charge >= 0.3 is 6.18 Å². The first-order valence-electron chi connectivity index (χ1n) is 11.9. The Bertz CT molecular complexity index is 976. The van der Waals surface area contributed by atoms with E-state index in [0.717, 1.165) is 10.6 Å². The lowest BCUT2D eigenvalue weighted by Gasteiger charge is -2.35. The van der Waals surface area contributed by atoms with Crippen LogP contribution in [0, 0.1) is 6.92 Å². The van der Waals surface area contributed by atoms with Crippen molar-refractivity contribution in [3.63, 3.8) is 0 Å². The Morgan fingerprint density at radius 2 is 2.06 bits per heavy atom. The molecule has 0 aromatic carbocycles. The van der Waals surface area contributed by atoms with E-state index in [-0.39, 0.29) is 23.6 Å². The van der Waals surface area contributed by atoms with Gasteiger partial charge in [-0.25, -0.2) is 14.4 Å². The fourth-order valence-electron chi connectivity index (χ4n) is 4.63. The predicted octanol–water partition coefficient (Wildman–Crippen LogP) is 4.18. The number of alkyl halides is 4. The number of amides is 1. The van der Waals surface area contributed by atoms with E-state index in [9.17, 15) is 18.0 Å². The summed E-state index contributed by atoms with van der Waals surface area (Å²) in [4.78, 5) is 23.6. The Hall–Kier alpha value is -2.21. The van der Waals surface area contributed by atoms with Crippen LogP contribution in [0.15, 0.2) is 10.6 Å². The zero-order valence-corrected chi connectivity index (χ0v) is 20.4. The summed E-state index contributed by atoms with van der Waals surface area (Å²) < 4.78 is 62.6. The van der Waals surface area contributed by atoms with Crippen molar-refractivity contribution in [1.29, 1.82) is 0 Å². The molecule has 2 aliphatic rings. The van der Waals surface area contributed by atoms with E-state index in [2.05, 4.69) is 20.2 Å². The number of rotatable bonds is 8. The number of oxazole rings is 1. The average molecular weight is 519 g/mol. The molecular formula is C23H30F4N4O3S. The zero-order valence-electron chi connectivity index (χ0n) is 19.6. The molecule has 2 aromatic rings. The minimum absolute atomic E-state index is 0.0376. The molecule has 1 saturated carbocycles. The van der Waals surface area contributed by atoms with Crippen LogP contribution in [-0.2, 0) is 24.1 Å². The normalized spacial score (nSPS) is 23.5. The highest BCUT2D eigenvalue weighted by Crippen LogP contribution is 2.36. The molecule has 0 saturated heterocycles. The molecule has 0 atom stereocenters. The van der Waals surface area contributed by atoms with Crippen molar-refractivity contribution in [3.05, 3.63) is 28.4 Å². The van der Waals surface area contributed by atoms with Crippen molar-refractivity contribution in [2.75, 3.05) is 26.2 Å². The quantitative estimate of drug-likeness (QED) is 0.528. The number of ether oxygens (including phenoxy) is 1. The van der Waals surface area contributed by atoms with Crippen molar-refractivity contribution in [1.82, 2.24) is 20.2 Å². The van der Waals surface area contributed by atoms with E-state index >= 15 is 4.39 Å². The van der Waals surface area contributed by atoms with Crippen molar-refractivity contribution in [2.45, 2.75) is 76.2 Å². The maximum absolute atomic E-state index is 15.4. The monoisotopic (exact) mass is 518 g/mol. The van der Waals surface area contributed by atoms with Gasteiger partial charge in [0.25, 0.3) is 5.19 Å². The number of hydrogen-bond donors (Lipinski definition) is 1. The fourth-order valence-corrected chi connectivity index (χ4v) is 5.57. The van der Waals surface area contributed by atoms with E-state index in [1.54, 1.807) is 13.1 Å². The lowest BCUT2D eigenvalue weighted by molar-refractivity contribution is -0.153. The van der Waals surface area contributed by atoms with Gasteiger partial charge in [-0.05, 0) is 38.5 Å². The van der Waals surface area contributed by atoms with Crippen LogP contribution < -0.4 is 10.1 Å². The third kappa shape index (κ3) is 7.63. The van der Waals surface area contributed by atoms with Gasteiger partial charge in [0.2, 0.25) is 5.91 Å². The molecule has 4 rings (SSSR count). The first-order valence-corrected chi connectivity index (χ1v) is 12.7. The number of fused-ring (bicyclic) bond motifs is 1. The highest BCUT2D eigenvalue weighted by atomic mass is 32.1. The van der Waals surface area contributed by atoms with E-state index in [1.165, 1.54) is 11.3 Å². The number of aryl methyl sites for hydroxylation is 1. The van der Waals surface area contributed by atoms with Crippen LogP contribution in [0.1, 0.15) is 54.3 Å². The van der Waals surface area contributed by atoms with Gasteiger partial charge < -0.3 is 19.4 Å². The van der Waals surface area contributed by atoms with Crippen molar-refractivity contribution in [2.24, 2.45) is 0 Å². The molecule has 1 amide bonds. The number of nitrogens with zero attached hydrogens (tertiary/aromatic N) is 3. The van der Waals surface area contributed by atoms with Gasteiger partial charge in [-0.15, -0.1) is 0 Å². The van der Waals surface area contributed by atoms with Crippen LogP contribution in [0.2, 0.25) is 0 Å². The lowest BCUT2D eigenvalue weighted by Crippen LogP contribution is -2.43. The highest BCUT2D eigenvalue weighted by molar-refractivity contribution is 7.13. The molecule has 1 aliphatic carbocycles. The van der Waals surface area contributed by atoms with Crippen molar-refractivity contribution >= 4 is 17.2 Å². The number of carbonyl (C=O) groups excluding carboxylic acids is 1. The molecule has 35 heavy (non-hydrogen) atoms. The molecule has 0 spiro atoms. The van der Waals surface area contributed by atoms with Crippen molar-refractivity contribution in [3.8, 4) is 5.19 Å². The minimum Gasteiger partial charge on any atom is -0.460 e. The van der Waals surface area contributed by atoms with Gasteiger partial charge in [0, 0.05) is 43.9 Å². The summed E-state index contributed by atoms with van der Waals surface area (Å²) in [7, 11) is 0. The molecule has 1 fully saturated rings. The summed E-state index contributed by atoms with van der Waals surface area (Å²) in [6, 6.07) is -0.0376. The van der Waals surface area contributed by atoms with Gasteiger partial charge in [0.15, 0.2) is 12.5 Å². The Morgan fingerprint density at radius 1 is 1.31 bits per heavy atom. The largest absolute Gasteiger partial charge is 0.460 e. The molecule has 0 unspecified atom stereocenters. The van der Waals surface area contributed by atoms with E-state index in [0.29, 0.717) is 76.2 Å². The number of aromatic nitrogens is 2. The second-order valence-corrected chi connectivity index (χ2v) is 10.4. The Morgan fingerprint density at radius 3 is 2.74 bits per heavy atom.